The van der Waals surface area contributed by atoms with Crippen LogP contribution in [0.15, 0.2) is 35.2 Å². The number of hydrogen-bond donors (Lipinski definition) is 0. The summed E-state index contributed by atoms with van der Waals surface area (Å²) >= 11 is 0. The molecule has 3 atom stereocenters. The summed E-state index contributed by atoms with van der Waals surface area (Å²) in [7, 11) is -7.42. The molecule has 0 N–H and O–H groups in total. The molecule has 5 nitrogen and oxygen atoms in total. The molecule has 0 aromatic heterocycles. The third-order valence-electron chi connectivity index (χ3n) is 3.76. The molecule has 0 aliphatic rings. The molecule has 3 unspecified atom stereocenters. The second kappa shape index (κ2) is 12.0. The summed E-state index contributed by atoms with van der Waals surface area (Å²) in [6.45, 7) is 8.38. The largest absolute Gasteiger partial charge is 0.796 e. The van der Waals surface area contributed by atoms with Crippen LogP contribution in [-0.2, 0) is 13.7 Å². The summed E-state index contributed by atoms with van der Waals surface area (Å²) in [4.78, 5) is 22.9. The molecule has 0 rings (SSSR count). The van der Waals surface area contributed by atoms with Crippen molar-refractivity contribution in [3.8, 4) is 0 Å². The van der Waals surface area contributed by atoms with E-state index >= 15 is 0 Å². The van der Waals surface area contributed by atoms with E-state index in [9.17, 15) is 18.9 Å². The van der Waals surface area contributed by atoms with Crippen LogP contribution in [0, 0.1) is 5.92 Å². The number of hydrogen-bond acceptors (Lipinski definition) is 5. The lowest BCUT2D eigenvalue weighted by molar-refractivity contribution is -0.197. The van der Waals surface area contributed by atoms with Gasteiger partial charge in [-0.25, -0.2) is 0 Å². The van der Waals surface area contributed by atoms with E-state index in [2.05, 4.69) is 44.4 Å². The van der Waals surface area contributed by atoms with Gasteiger partial charge in [0.25, 0.3) is 0 Å². The fourth-order valence-corrected chi connectivity index (χ4v) is 5.44. The van der Waals surface area contributed by atoms with E-state index in [1.165, 1.54) is 11.1 Å². The molecular weight excluding hydrogens is 358 g/mol. The van der Waals surface area contributed by atoms with Crippen LogP contribution in [0.1, 0.15) is 59.8 Å². The second-order valence-corrected chi connectivity index (χ2v) is 11.3. The molecule has 0 fully saturated rings. The van der Waals surface area contributed by atoms with Crippen LogP contribution in [0.2, 0.25) is 0 Å². The molecule has 146 valence electrons. The van der Waals surface area contributed by atoms with E-state index in [4.69, 9.17) is 0 Å². The molecule has 0 saturated carbocycles. The van der Waals surface area contributed by atoms with Gasteiger partial charge in [0, 0.05) is 14.5 Å². The monoisotopic (exact) mass is 390 g/mol. The topological polar surface area (TPSA) is 89.5 Å². The maximum atomic E-state index is 11.7. The molecule has 25 heavy (non-hydrogen) atoms. The summed E-state index contributed by atoms with van der Waals surface area (Å²) < 4.78 is 27.1. The smallest absolute Gasteiger partial charge is 0.141 e. The Labute approximate surface area is 152 Å². The first kappa shape index (κ1) is 24.6. The minimum absolute atomic E-state index is 0.333. The lowest BCUT2D eigenvalue weighted by Crippen LogP contribution is -2.11. The summed E-state index contributed by atoms with van der Waals surface area (Å²) in [5, 5.41) is 0. The van der Waals surface area contributed by atoms with Crippen molar-refractivity contribution >= 4 is 15.0 Å². The van der Waals surface area contributed by atoms with Gasteiger partial charge in [0.05, 0.1) is 5.90 Å². The van der Waals surface area contributed by atoms with Crippen LogP contribution in [0.4, 0.5) is 0 Å². The van der Waals surface area contributed by atoms with Crippen molar-refractivity contribution in [1.29, 1.82) is 0 Å². The number of rotatable bonds is 12. The molecule has 0 aliphatic carbocycles. The lowest BCUT2D eigenvalue weighted by Gasteiger charge is -2.28. The zero-order chi connectivity index (χ0) is 19.5. The van der Waals surface area contributed by atoms with Crippen LogP contribution in [0.5, 0.6) is 0 Å². The third kappa shape index (κ3) is 14.4. The lowest BCUT2D eigenvalue weighted by atomic mass is 10.0. The Morgan fingerprint density at radius 3 is 2.32 bits per heavy atom. The first-order chi connectivity index (χ1) is 11.5. The predicted molar refractivity (Wildman–Crippen MR) is 102 cm³/mol. The maximum Gasteiger partial charge on any atom is 0.141 e. The van der Waals surface area contributed by atoms with Crippen molar-refractivity contribution in [3.05, 3.63) is 35.2 Å². The molecule has 0 aliphatic heterocycles. The van der Waals surface area contributed by atoms with E-state index in [1.807, 2.05) is 0 Å². The first-order valence-corrected chi connectivity index (χ1v) is 12.2. The van der Waals surface area contributed by atoms with Crippen molar-refractivity contribution in [3.63, 3.8) is 0 Å². The van der Waals surface area contributed by atoms with Gasteiger partial charge in [-0.05, 0) is 64.6 Å². The third-order valence-corrected chi connectivity index (χ3v) is 7.95. The molecule has 0 aromatic rings. The van der Waals surface area contributed by atoms with Crippen LogP contribution >= 0.6 is 15.0 Å². The summed E-state index contributed by atoms with van der Waals surface area (Å²) in [6, 6.07) is 0. The Morgan fingerprint density at radius 2 is 1.76 bits per heavy atom. The van der Waals surface area contributed by atoms with E-state index < -0.39 is 20.9 Å². The first-order valence-electron chi connectivity index (χ1n) is 8.59. The van der Waals surface area contributed by atoms with Gasteiger partial charge in [-0.15, -0.1) is 0 Å². The molecule has 0 amide bonds. The van der Waals surface area contributed by atoms with Crippen LogP contribution in [-0.4, -0.2) is 13.0 Å². The number of allylic oxidation sites excluding steroid dienone is 5. The standard InChI is InChI=1S/C18H34O5P2/c1-16(2)9-6-10-17(3)11-7-12-18(4)13-8-14-24(19,20)15-25(21,22)23-5/h8-9,11,14,18H,6-7,10,12-13,15H2,1-5H3,(H,19,20)(H,21,22)/p-2/b14-8+,17-11+. The van der Waals surface area contributed by atoms with Gasteiger partial charge in [-0.1, -0.05) is 36.3 Å². The van der Waals surface area contributed by atoms with Gasteiger partial charge in [-0.2, -0.15) is 0 Å². The highest BCUT2D eigenvalue weighted by molar-refractivity contribution is 7.73. The average Bonchev–Trinajstić information content (AvgIpc) is 2.45. The molecule has 0 heterocycles. The maximum absolute atomic E-state index is 11.7. The van der Waals surface area contributed by atoms with Crippen LogP contribution in [0.25, 0.3) is 0 Å². The zero-order valence-electron chi connectivity index (χ0n) is 16.1. The van der Waals surface area contributed by atoms with E-state index in [0.29, 0.717) is 12.3 Å². The normalized spacial score (nSPS) is 18.6. The Balaban J connectivity index is 4.22. The molecule has 0 aromatic carbocycles. The van der Waals surface area contributed by atoms with Crippen molar-refractivity contribution in [1.82, 2.24) is 0 Å². The van der Waals surface area contributed by atoms with Gasteiger partial charge in [-0.3, -0.25) is 0 Å². The van der Waals surface area contributed by atoms with Gasteiger partial charge >= 0.3 is 0 Å². The molecule has 0 radical (unpaired) electrons. The molecule has 0 saturated heterocycles. The minimum atomic E-state index is -4.29. The van der Waals surface area contributed by atoms with Crippen molar-refractivity contribution in [2.45, 2.75) is 59.8 Å². The molecule has 0 spiro atoms. The Hall–Kier alpha value is -0.440. The summed E-state index contributed by atoms with van der Waals surface area (Å²) in [5.74, 6) is 0.377. The summed E-state index contributed by atoms with van der Waals surface area (Å²) in [6.07, 6.45) is 10.7. The highest BCUT2D eigenvalue weighted by atomic mass is 31.2. The van der Waals surface area contributed by atoms with Crippen LogP contribution < -0.4 is 9.79 Å². The van der Waals surface area contributed by atoms with E-state index in [1.54, 1.807) is 6.08 Å². The Kier molecular flexibility index (Phi) is 11.8. The van der Waals surface area contributed by atoms with Crippen LogP contribution in [0.3, 0.4) is 0 Å². The van der Waals surface area contributed by atoms with Crippen molar-refractivity contribution < 1.29 is 23.4 Å². The van der Waals surface area contributed by atoms with Gasteiger partial charge < -0.3 is 23.4 Å². The Morgan fingerprint density at radius 1 is 1.12 bits per heavy atom. The fourth-order valence-electron chi connectivity index (χ4n) is 2.22. The zero-order valence-corrected chi connectivity index (χ0v) is 17.9. The van der Waals surface area contributed by atoms with Crippen molar-refractivity contribution in [2.75, 3.05) is 13.0 Å². The predicted octanol–water partition coefficient (Wildman–Crippen LogP) is 4.79. The SMILES string of the molecule is COP(=O)([O-])CP(=O)([O-])/C=C/CC(C)CC/C=C(\C)CCC=C(C)C. The van der Waals surface area contributed by atoms with Gasteiger partial charge in [0.15, 0.2) is 0 Å². The summed E-state index contributed by atoms with van der Waals surface area (Å²) in [5.41, 5.74) is 2.71. The van der Waals surface area contributed by atoms with Gasteiger partial charge in [0.1, 0.15) is 7.60 Å². The molecule has 7 heteroatoms. The molecule has 0 bridgehead atoms. The van der Waals surface area contributed by atoms with E-state index in [0.717, 1.165) is 38.6 Å². The average molecular weight is 390 g/mol. The highest BCUT2D eigenvalue weighted by Gasteiger charge is 2.14. The van der Waals surface area contributed by atoms with Crippen molar-refractivity contribution in [2.24, 2.45) is 5.92 Å². The van der Waals surface area contributed by atoms with Gasteiger partial charge in [0.2, 0.25) is 0 Å². The quantitative estimate of drug-likeness (QED) is 0.353. The molecular formula is C18H32O5P2-2. The second-order valence-electron chi connectivity index (χ2n) is 6.83. The highest BCUT2D eigenvalue weighted by Crippen LogP contribution is 2.53. The minimum Gasteiger partial charge on any atom is -0.796 e. The Bertz CT molecular complexity index is 574. The van der Waals surface area contributed by atoms with E-state index in [-0.39, 0.29) is 0 Å². The fraction of sp³-hybridized carbons (Fsp3) is 0.667.